The third-order valence-electron chi connectivity index (χ3n) is 2.70. The van der Waals surface area contributed by atoms with Crippen LogP contribution in [0.1, 0.15) is 29.9 Å². The van der Waals surface area contributed by atoms with E-state index >= 15 is 0 Å². The van der Waals surface area contributed by atoms with Crippen LogP contribution in [0.4, 0.5) is 0 Å². The fourth-order valence-electron chi connectivity index (χ4n) is 1.81. The Hall–Kier alpha value is -2.74. The van der Waals surface area contributed by atoms with Gasteiger partial charge in [-0.15, -0.1) is 0 Å². The highest BCUT2D eigenvalue weighted by molar-refractivity contribution is 5.95. The quantitative estimate of drug-likeness (QED) is 0.694. The standard InChI is InChI=1S/C16H15NO4/c1-3-20-15(18)8-6-11-5-7-12-10-14(16(19)21-4-2)17-13(12)9-11/h5,7,9-10,17H,3-4H2,1-2H3. The fourth-order valence-corrected chi connectivity index (χ4v) is 1.81. The average Bonchev–Trinajstić information content (AvgIpc) is 2.89. The fraction of sp³-hybridized carbons (Fsp3) is 0.250. The van der Waals surface area contributed by atoms with Gasteiger partial charge in [0, 0.05) is 22.4 Å². The summed E-state index contributed by atoms with van der Waals surface area (Å²) in [6.07, 6.45) is 0. The van der Waals surface area contributed by atoms with Gasteiger partial charge in [-0.25, -0.2) is 9.59 Å². The lowest BCUT2D eigenvalue weighted by molar-refractivity contribution is -0.136. The lowest BCUT2D eigenvalue weighted by atomic mass is 10.1. The molecule has 0 fully saturated rings. The first-order chi connectivity index (χ1) is 10.1. The number of hydrogen-bond donors (Lipinski definition) is 1. The largest absolute Gasteiger partial charge is 0.461 e. The van der Waals surface area contributed by atoms with E-state index in [2.05, 4.69) is 16.8 Å². The average molecular weight is 285 g/mol. The van der Waals surface area contributed by atoms with Gasteiger partial charge in [0.25, 0.3) is 0 Å². The van der Waals surface area contributed by atoms with Crippen molar-refractivity contribution in [3.63, 3.8) is 0 Å². The molecule has 0 spiro atoms. The predicted octanol–water partition coefficient (Wildman–Crippen LogP) is 2.26. The summed E-state index contributed by atoms with van der Waals surface area (Å²) < 4.78 is 9.67. The maximum absolute atomic E-state index is 11.6. The zero-order chi connectivity index (χ0) is 15.2. The van der Waals surface area contributed by atoms with E-state index in [1.165, 1.54) is 0 Å². The van der Waals surface area contributed by atoms with E-state index in [4.69, 9.17) is 9.47 Å². The Bertz CT molecular complexity index is 734. The van der Waals surface area contributed by atoms with Crippen LogP contribution < -0.4 is 0 Å². The molecule has 0 saturated heterocycles. The van der Waals surface area contributed by atoms with Crippen molar-refractivity contribution in [2.24, 2.45) is 0 Å². The summed E-state index contributed by atoms with van der Waals surface area (Å²) in [5.41, 5.74) is 1.81. The van der Waals surface area contributed by atoms with Crippen LogP contribution in [-0.2, 0) is 14.3 Å². The van der Waals surface area contributed by atoms with Crippen molar-refractivity contribution in [3.05, 3.63) is 35.5 Å². The summed E-state index contributed by atoms with van der Waals surface area (Å²) in [6, 6.07) is 7.08. The van der Waals surface area contributed by atoms with Gasteiger partial charge in [-0.1, -0.05) is 12.0 Å². The smallest absolute Gasteiger partial charge is 0.384 e. The zero-order valence-electron chi connectivity index (χ0n) is 11.9. The minimum absolute atomic E-state index is 0.298. The molecule has 108 valence electrons. The number of fused-ring (bicyclic) bond motifs is 1. The molecule has 0 aliphatic heterocycles. The Morgan fingerprint density at radius 3 is 2.62 bits per heavy atom. The van der Waals surface area contributed by atoms with Crippen molar-refractivity contribution < 1.29 is 19.1 Å². The summed E-state index contributed by atoms with van der Waals surface area (Å²) in [7, 11) is 0. The second kappa shape index (κ2) is 6.62. The molecule has 1 aromatic heterocycles. The van der Waals surface area contributed by atoms with Crippen molar-refractivity contribution >= 4 is 22.8 Å². The van der Waals surface area contributed by atoms with Crippen molar-refractivity contribution in [2.75, 3.05) is 13.2 Å². The Morgan fingerprint density at radius 2 is 1.90 bits per heavy atom. The van der Waals surface area contributed by atoms with E-state index in [0.717, 1.165) is 10.9 Å². The third kappa shape index (κ3) is 3.63. The van der Waals surface area contributed by atoms with Gasteiger partial charge in [0.05, 0.1) is 13.2 Å². The van der Waals surface area contributed by atoms with Gasteiger partial charge in [-0.05, 0) is 32.0 Å². The Morgan fingerprint density at radius 1 is 1.14 bits per heavy atom. The van der Waals surface area contributed by atoms with E-state index in [0.29, 0.717) is 24.5 Å². The van der Waals surface area contributed by atoms with Crippen LogP contribution in [0.25, 0.3) is 10.9 Å². The van der Waals surface area contributed by atoms with Gasteiger partial charge in [0.1, 0.15) is 5.69 Å². The van der Waals surface area contributed by atoms with Crippen molar-refractivity contribution in [1.82, 2.24) is 4.98 Å². The molecule has 1 aromatic carbocycles. The molecule has 2 aromatic rings. The van der Waals surface area contributed by atoms with Crippen molar-refractivity contribution in [1.29, 1.82) is 0 Å². The van der Waals surface area contributed by atoms with Crippen LogP contribution in [0.2, 0.25) is 0 Å². The van der Waals surface area contributed by atoms with E-state index in [9.17, 15) is 9.59 Å². The summed E-state index contributed by atoms with van der Waals surface area (Å²) >= 11 is 0. The first-order valence-electron chi connectivity index (χ1n) is 6.62. The monoisotopic (exact) mass is 285 g/mol. The normalized spacial score (nSPS) is 9.81. The second-order valence-electron chi connectivity index (χ2n) is 4.18. The number of hydrogen-bond acceptors (Lipinski definition) is 4. The highest BCUT2D eigenvalue weighted by Crippen LogP contribution is 2.17. The molecule has 1 heterocycles. The lowest BCUT2D eigenvalue weighted by Gasteiger charge is -1.96. The van der Waals surface area contributed by atoms with Gasteiger partial charge in [0.15, 0.2) is 0 Å². The molecule has 0 aliphatic carbocycles. The minimum Gasteiger partial charge on any atom is -0.461 e. The van der Waals surface area contributed by atoms with Crippen LogP contribution in [0.3, 0.4) is 0 Å². The number of aromatic nitrogens is 1. The van der Waals surface area contributed by atoms with Crippen LogP contribution in [0, 0.1) is 11.8 Å². The molecule has 0 aliphatic rings. The lowest BCUT2D eigenvalue weighted by Crippen LogP contribution is -2.04. The third-order valence-corrected chi connectivity index (χ3v) is 2.70. The number of esters is 2. The predicted molar refractivity (Wildman–Crippen MR) is 77.8 cm³/mol. The van der Waals surface area contributed by atoms with Crippen LogP contribution >= 0.6 is 0 Å². The highest BCUT2D eigenvalue weighted by Gasteiger charge is 2.10. The summed E-state index contributed by atoms with van der Waals surface area (Å²) in [5.74, 6) is 4.17. The number of nitrogens with one attached hydrogen (secondary N) is 1. The molecule has 0 unspecified atom stereocenters. The summed E-state index contributed by atoms with van der Waals surface area (Å²) in [6.45, 7) is 4.10. The van der Waals surface area contributed by atoms with Crippen LogP contribution in [-0.4, -0.2) is 30.1 Å². The Labute approximate surface area is 122 Å². The molecule has 0 atom stereocenters. The van der Waals surface area contributed by atoms with E-state index in [1.54, 1.807) is 32.0 Å². The van der Waals surface area contributed by atoms with Gasteiger partial charge in [-0.3, -0.25) is 0 Å². The SMILES string of the molecule is CCOC(=O)C#Cc1ccc2cc(C(=O)OCC)[nH]c2c1. The molecule has 2 rings (SSSR count). The molecular formula is C16H15NO4. The number of aromatic amines is 1. The van der Waals surface area contributed by atoms with Crippen LogP contribution in [0.5, 0.6) is 0 Å². The number of ether oxygens (including phenoxy) is 2. The van der Waals surface area contributed by atoms with Crippen LogP contribution in [0.15, 0.2) is 24.3 Å². The van der Waals surface area contributed by atoms with Crippen molar-refractivity contribution in [2.45, 2.75) is 13.8 Å². The Balaban J connectivity index is 2.25. The molecule has 0 amide bonds. The number of rotatable bonds is 3. The van der Waals surface area contributed by atoms with E-state index < -0.39 is 11.9 Å². The molecule has 1 N–H and O–H groups in total. The number of benzene rings is 1. The highest BCUT2D eigenvalue weighted by atomic mass is 16.5. The molecule has 0 saturated carbocycles. The molecule has 21 heavy (non-hydrogen) atoms. The Kier molecular flexibility index (Phi) is 4.62. The molecule has 5 nitrogen and oxygen atoms in total. The number of carbonyl (C=O) groups excluding carboxylic acids is 2. The molecular weight excluding hydrogens is 270 g/mol. The molecule has 5 heteroatoms. The zero-order valence-corrected chi connectivity index (χ0v) is 11.9. The maximum atomic E-state index is 11.6. The van der Waals surface area contributed by atoms with E-state index in [-0.39, 0.29) is 0 Å². The van der Waals surface area contributed by atoms with Gasteiger partial charge < -0.3 is 14.5 Å². The van der Waals surface area contributed by atoms with Gasteiger partial charge in [-0.2, -0.15) is 0 Å². The maximum Gasteiger partial charge on any atom is 0.384 e. The first kappa shape index (κ1) is 14.7. The minimum atomic E-state index is -0.559. The second-order valence-corrected chi connectivity index (χ2v) is 4.18. The van der Waals surface area contributed by atoms with Crippen molar-refractivity contribution in [3.8, 4) is 11.8 Å². The topological polar surface area (TPSA) is 68.4 Å². The molecule has 0 radical (unpaired) electrons. The number of H-pyrrole nitrogens is 1. The van der Waals surface area contributed by atoms with Gasteiger partial charge >= 0.3 is 11.9 Å². The summed E-state index contributed by atoms with van der Waals surface area (Å²) in [5, 5.41) is 0.875. The number of carbonyl (C=O) groups is 2. The summed E-state index contributed by atoms with van der Waals surface area (Å²) in [4.78, 5) is 25.8. The molecule has 0 bridgehead atoms. The van der Waals surface area contributed by atoms with E-state index in [1.807, 2.05) is 6.07 Å². The van der Waals surface area contributed by atoms with Gasteiger partial charge in [0.2, 0.25) is 0 Å². The first-order valence-corrected chi connectivity index (χ1v) is 6.62.